The van der Waals surface area contributed by atoms with Gasteiger partial charge in [0.15, 0.2) is 0 Å². The summed E-state index contributed by atoms with van der Waals surface area (Å²) < 4.78 is 0. The first-order valence-electron chi connectivity index (χ1n) is 6.52. The standard InChI is InChI=1S/C16H16Cl2N2O/c1-20(11-12-5-3-2-4-6-12)16(21)10-19-15-8-13(17)7-14(18)9-15/h2-9,19H,10-11H2,1H3. The number of anilines is 1. The Morgan fingerprint density at radius 1 is 1.10 bits per heavy atom. The minimum absolute atomic E-state index is 0.00467. The van der Waals surface area contributed by atoms with Crippen LogP contribution in [0.1, 0.15) is 5.56 Å². The normalized spacial score (nSPS) is 10.2. The maximum absolute atomic E-state index is 12.1. The molecule has 0 spiro atoms. The van der Waals surface area contributed by atoms with Crippen molar-refractivity contribution in [3.8, 4) is 0 Å². The molecule has 1 N–H and O–H groups in total. The van der Waals surface area contributed by atoms with Crippen LogP contribution in [0.3, 0.4) is 0 Å². The first-order valence-corrected chi connectivity index (χ1v) is 7.28. The van der Waals surface area contributed by atoms with Crippen molar-refractivity contribution < 1.29 is 4.79 Å². The predicted octanol–water partition coefficient (Wildman–Crippen LogP) is 4.06. The zero-order valence-electron chi connectivity index (χ0n) is 11.6. The molecule has 0 aliphatic heterocycles. The monoisotopic (exact) mass is 322 g/mol. The van der Waals surface area contributed by atoms with Gasteiger partial charge in [-0.15, -0.1) is 0 Å². The Hall–Kier alpha value is -1.71. The molecule has 3 nitrogen and oxygen atoms in total. The Kier molecular flexibility index (Phi) is 5.48. The van der Waals surface area contributed by atoms with Crippen LogP contribution >= 0.6 is 23.2 Å². The predicted molar refractivity (Wildman–Crippen MR) is 87.9 cm³/mol. The van der Waals surface area contributed by atoms with Gasteiger partial charge in [0.1, 0.15) is 0 Å². The zero-order chi connectivity index (χ0) is 15.2. The Labute approximate surface area is 134 Å². The molecule has 110 valence electrons. The minimum Gasteiger partial charge on any atom is -0.376 e. The van der Waals surface area contributed by atoms with Crippen molar-refractivity contribution in [3.63, 3.8) is 0 Å². The van der Waals surface area contributed by atoms with Crippen molar-refractivity contribution in [3.05, 3.63) is 64.1 Å². The summed E-state index contributed by atoms with van der Waals surface area (Å²) in [5.41, 5.74) is 1.83. The second-order valence-corrected chi connectivity index (χ2v) is 5.62. The van der Waals surface area contributed by atoms with E-state index in [0.717, 1.165) is 11.3 Å². The van der Waals surface area contributed by atoms with E-state index in [2.05, 4.69) is 5.32 Å². The average molecular weight is 323 g/mol. The van der Waals surface area contributed by atoms with Gasteiger partial charge in [-0.25, -0.2) is 0 Å². The summed E-state index contributed by atoms with van der Waals surface area (Å²) in [5, 5.41) is 4.11. The van der Waals surface area contributed by atoms with Crippen molar-refractivity contribution in [2.75, 3.05) is 18.9 Å². The molecule has 5 heteroatoms. The molecule has 2 aromatic rings. The van der Waals surface area contributed by atoms with E-state index in [-0.39, 0.29) is 12.5 Å². The zero-order valence-corrected chi connectivity index (χ0v) is 13.2. The van der Waals surface area contributed by atoms with E-state index in [9.17, 15) is 4.79 Å². The smallest absolute Gasteiger partial charge is 0.241 e. The summed E-state index contributed by atoms with van der Waals surface area (Å²) in [5.74, 6) is -0.00467. The SMILES string of the molecule is CN(Cc1ccccc1)C(=O)CNc1cc(Cl)cc(Cl)c1. The summed E-state index contributed by atoms with van der Waals surface area (Å²) in [6.07, 6.45) is 0. The van der Waals surface area contributed by atoms with Gasteiger partial charge in [0.25, 0.3) is 0 Å². The second kappa shape index (κ2) is 7.34. The number of benzene rings is 2. The lowest BCUT2D eigenvalue weighted by Crippen LogP contribution is -2.31. The van der Waals surface area contributed by atoms with E-state index in [1.807, 2.05) is 30.3 Å². The van der Waals surface area contributed by atoms with Crippen LogP contribution in [0.25, 0.3) is 0 Å². The molecule has 0 fully saturated rings. The molecule has 0 saturated heterocycles. The van der Waals surface area contributed by atoms with Crippen LogP contribution < -0.4 is 5.32 Å². The number of halogens is 2. The van der Waals surface area contributed by atoms with E-state index in [1.165, 1.54) is 0 Å². The van der Waals surface area contributed by atoms with Crippen LogP contribution in [-0.4, -0.2) is 24.4 Å². The average Bonchev–Trinajstić information content (AvgIpc) is 2.44. The largest absolute Gasteiger partial charge is 0.376 e. The van der Waals surface area contributed by atoms with Gasteiger partial charge >= 0.3 is 0 Å². The van der Waals surface area contributed by atoms with E-state index in [4.69, 9.17) is 23.2 Å². The number of hydrogen-bond donors (Lipinski definition) is 1. The lowest BCUT2D eigenvalue weighted by molar-refractivity contribution is -0.128. The highest BCUT2D eigenvalue weighted by Crippen LogP contribution is 2.22. The van der Waals surface area contributed by atoms with Crippen molar-refractivity contribution >= 4 is 34.8 Å². The van der Waals surface area contributed by atoms with Gasteiger partial charge in [-0.05, 0) is 23.8 Å². The highest BCUT2D eigenvalue weighted by atomic mass is 35.5. The lowest BCUT2D eigenvalue weighted by Gasteiger charge is -2.18. The Morgan fingerprint density at radius 3 is 2.33 bits per heavy atom. The molecule has 21 heavy (non-hydrogen) atoms. The number of hydrogen-bond acceptors (Lipinski definition) is 2. The second-order valence-electron chi connectivity index (χ2n) is 4.75. The van der Waals surface area contributed by atoms with Gasteiger partial charge < -0.3 is 10.2 Å². The molecule has 0 aliphatic carbocycles. The molecule has 0 aromatic heterocycles. The molecule has 0 heterocycles. The summed E-state index contributed by atoms with van der Waals surface area (Å²) >= 11 is 11.8. The molecule has 1 amide bonds. The third kappa shape index (κ3) is 4.96. The van der Waals surface area contributed by atoms with Crippen LogP contribution in [0.15, 0.2) is 48.5 Å². The van der Waals surface area contributed by atoms with Crippen LogP contribution in [0.4, 0.5) is 5.69 Å². The number of rotatable bonds is 5. The number of amides is 1. The first kappa shape index (κ1) is 15.7. The topological polar surface area (TPSA) is 32.3 Å². The van der Waals surface area contributed by atoms with Gasteiger partial charge in [0.05, 0.1) is 6.54 Å². The fourth-order valence-electron chi connectivity index (χ4n) is 1.91. The Balaban J connectivity index is 1.89. The molecule has 0 aliphatic rings. The molecule has 2 aromatic carbocycles. The van der Waals surface area contributed by atoms with Crippen molar-refractivity contribution in [1.82, 2.24) is 4.90 Å². The van der Waals surface area contributed by atoms with Crippen LogP contribution in [0.2, 0.25) is 10.0 Å². The number of likely N-dealkylation sites (N-methyl/N-ethyl adjacent to an activating group) is 1. The fraction of sp³-hybridized carbons (Fsp3) is 0.188. The van der Waals surface area contributed by atoms with Crippen LogP contribution in [0.5, 0.6) is 0 Å². The van der Waals surface area contributed by atoms with E-state index >= 15 is 0 Å². The van der Waals surface area contributed by atoms with Crippen molar-refractivity contribution in [1.29, 1.82) is 0 Å². The number of nitrogens with zero attached hydrogens (tertiary/aromatic N) is 1. The van der Waals surface area contributed by atoms with E-state index < -0.39 is 0 Å². The number of carbonyl (C=O) groups is 1. The summed E-state index contributed by atoms with van der Waals surface area (Å²) in [6.45, 7) is 0.775. The van der Waals surface area contributed by atoms with Gasteiger partial charge in [0.2, 0.25) is 5.91 Å². The summed E-state index contributed by atoms with van der Waals surface area (Å²) in [4.78, 5) is 13.8. The molecule has 0 radical (unpaired) electrons. The molecular formula is C16H16Cl2N2O. The fourth-order valence-corrected chi connectivity index (χ4v) is 2.44. The van der Waals surface area contributed by atoms with Crippen molar-refractivity contribution in [2.24, 2.45) is 0 Å². The molecule has 0 saturated carbocycles. The molecule has 0 bridgehead atoms. The summed E-state index contributed by atoms with van der Waals surface area (Å²) in [6, 6.07) is 15.0. The maximum Gasteiger partial charge on any atom is 0.241 e. The van der Waals surface area contributed by atoms with Gasteiger partial charge in [-0.2, -0.15) is 0 Å². The molecule has 0 atom stereocenters. The van der Waals surface area contributed by atoms with Crippen LogP contribution in [0, 0.1) is 0 Å². The molecular weight excluding hydrogens is 307 g/mol. The third-order valence-corrected chi connectivity index (χ3v) is 3.43. The van der Waals surface area contributed by atoms with E-state index in [1.54, 1.807) is 30.1 Å². The molecule has 2 rings (SSSR count). The highest BCUT2D eigenvalue weighted by molar-refractivity contribution is 6.35. The lowest BCUT2D eigenvalue weighted by atomic mass is 10.2. The van der Waals surface area contributed by atoms with Crippen molar-refractivity contribution in [2.45, 2.75) is 6.54 Å². The highest BCUT2D eigenvalue weighted by Gasteiger charge is 2.09. The number of nitrogens with one attached hydrogen (secondary N) is 1. The Bertz CT molecular complexity index is 597. The summed E-state index contributed by atoms with van der Waals surface area (Å²) in [7, 11) is 1.78. The molecule has 0 unspecified atom stereocenters. The third-order valence-electron chi connectivity index (χ3n) is 2.99. The first-order chi connectivity index (χ1) is 10.0. The van der Waals surface area contributed by atoms with Gasteiger partial charge in [-0.1, -0.05) is 53.5 Å². The van der Waals surface area contributed by atoms with Gasteiger partial charge in [-0.3, -0.25) is 4.79 Å². The van der Waals surface area contributed by atoms with E-state index in [0.29, 0.717) is 16.6 Å². The van der Waals surface area contributed by atoms with Crippen LogP contribution in [-0.2, 0) is 11.3 Å². The Morgan fingerprint density at radius 2 is 1.71 bits per heavy atom. The quantitative estimate of drug-likeness (QED) is 0.900. The number of carbonyl (C=O) groups excluding carboxylic acids is 1. The van der Waals surface area contributed by atoms with Gasteiger partial charge in [0, 0.05) is 29.3 Å². The minimum atomic E-state index is -0.00467. The maximum atomic E-state index is 12.1.